The molecule has 0 saturated carbocycles. The van der Waals surface area contributed by atoms with Gasteiger partial charge in [0.2, 0.25) is 15.9 Å². The zero-order valence-corrected chi connectivity index (χ0v) is 15.5. The van der Waals surface area contributed by atoms with Gasteiger partial charge in [0.05, 0.1) is 4.90 Å². The average Bonchev–Trinajstić information content (AvgIpc) is 2.45. The molecule has 0 aliphatic carbocycles. The van der Waals surface area contributed by atoms with Crippen molar-refractivity contribution in [3.8, 4) is 0 Å². The van der Waals surface area contributed by atoms with E-state index in [2.05, 4.69) is 10.6 Å². The maximum absolute atomic E-state index is 11.7. The molecule has 140 valence electrons. The van der Waals surface area contributed by atoms with Crippen LogP contribution in [0.15, 0.2) is 29.2 Å². The first-order valence-corrected chi connectivity index (χ1v) is 9.37. The number of carbonyl (C=O) groups is 2. The number of ether oxygens (including phenoxy) is 1. The molecule has 1 aromatic carbocycles. The number of primary sulfonamides is 1. The van der Waals surface area contributed by atoms with Gasteiger partial charge in [0.25, 0.3) is 0 Å². The molecule has 1 rings (SSSR count). The number of carbonyl (C=O) groups excluding carboxylic acids is 2. The second-order valence-electron chi connectivity index (χ2n) is 6.47. The minimum Gasteiger partial charge on any atom is -0.444 e. The van der Waals surface area contributed by atoms with Crippen molar-refractivity contribution in [3.63, 3.8) is 0 Å². The van der Waals surface area contributed by atoms with Gasteiger partial charge in [0.1, 0.15) is 5.60 Å². The summed E-state index contributed by atoms with van der Waals surface area (Å²) in [5.74, 6) is -0.197. The van der Waals surface area contributed by atoms with Crippen LogP contribution in [0.1, 0.15) is 32.8 Å². The fourth-order valence-electron chi connectivity index (χ4n) is 1.87. The molecule has 0 aromatic heterocycles. The predicted molar refractivity (Wildman–Crippen MR) is 93.4 cm³/mol. The Labute approximate surface area is 148 Å². The molecule has 0 atom stereocenters. The summed E-state index contributed by atoms with van der Waals surface area (Å²) in [6.45, 7) is 5.86. The zero-order chi connectivity index (χ0) is 19.1. The first-order chi connectivity index (χ1) is 11.5. The number of hydrogen-bond acceptors (Lipinski definition) is 5. The van der Waals surface area contributed by atoms with E-state index in [1.807, 2.05) is 0 Å². The van der Waals surface area contributed by atoms with Crippen LogP contribution in [0.3, 0.4) is 0 Å². The molecule has 0 spiro atoms. The Morgan fingerprint density at radius 3 is 2.20 bits per heavy atom. The van der Waals surface area contributed by atoms with Crippen molar-refractivity contribution in [2.75, 3.05) is 13.1 Å². The lowest BCUT2D eigenvalue weighted by Crippen LogP contribution is -2.35. The molecule has 9 heteroatoms. The molecule has 0 fully saturated rings. The summed E-state index contributed by atoms with van der Waals surface area (Å²) in [7, 11) is -3.70. The van der Waals surface area contributed by atoms with Gasteiger partial charge in [-0.1, -0.05) is 12.1 Å². The lowest BCUT2D eigenvalue weighted by atomic mass is 10.1. The summed E-state index contributed by atoms with van der Waals surface area (Å²) in [6, 6.07) is 6.15. The molecule has 0 aliphatic rings. The Morgan fingerprint density at radius 2 is 1.68 bits per heavy atom. The van der Waals surface area contributed by atoms with Crippen molar-refractivity contribution >= 4 is 22.0 Å². The van der Waals surface area contributed by atoms with Crippen molar-refractivity contribution in [1.82, 2.24) is 10.6 Å². The summed E-state index contributed by atoms with van der Waals surface area (Å²) in [6.07, 6.45) is 0.134. The van der Waals surface area contributed by atoms with Gasteiger partial charge in [-0.05, 0) is 44.9 Å². The fourth-order valence-corrected chi connectivity index (χ4v) is 2.39. The molecule has 0 heterocycles. The van der Waals surface area contributed by atoms with Crippen LogP contribution < -0.4 is 15.8 Å². The number of rotatable bonds is 7. The topological polar surface area (TPSA) is 128 Å². The van der Waals surface area contributed by atoms with E-state index < -0.39 is 21.7 Å². The van der Waals surface area contributed by atoms with Gasteiger partial charge in [-0.15, -0.1) is 0 Å². The second kappa shape index (κ2) is 8.82. The van der Waals surface area contributed by atoms with Gasteiger partial charge in [-0.25, -0.2) is 18.4 Å². The van der Waals surface area contributed by atoms with Crippen LogP contribution >= 0.6 is 0 Å². The Balaban J connectivity index is 2.25. The number of nitrogens with one attached hydrogen (secondary N) is 2. The lowest BCUT2D eigenvalue weighted by molar-refractivity contribution is -0.120. The van der Waals surface area contributed by atoms with Gasteiger partial charge < -0.3 is 15.4 Å². The second-order valence-corrected chi connectivity index (χ2v) is 8.03. The highest BCUT2D eigenvalue weighted by Crippen LogP contribution is 2.09. The molecule has 0 unspecified atom stereocenters. The molecular formula is C16H25N3O5S. The molecule has 0 radical (unpaired) electrons. The van der Waals surface area contributed by atoms with Crippen molar-refractivity contribution in [2.45, 2.75) is 44.1 Å². The van der Waals surface area contributed by atoms with Crippen molar-refractivity contribution < 1.29 is 22.7 Å². The molecule has 0 bridgehead atoms. The number of alkyl carbamates (subject to hydrolysis) is 1. The summed E-state index contributed by atoms with van der Waals surface area (Å²) in [4.78, 5) is 23.2. The van der Waals surface area contributed by atoms with Crippen LogP contribution in [-0.4, -0.2) is 39.1 Å². The van der Waals surface area contributed by atoms with Gasteiger partial charge in [-0.3, -0.25) is 4.79 Å². The van der Waals surface area contributed by atoms with E-state index in [-0.39, 0.29) is 23.8 Å². The summed E-state index contributed by atoms with van der Waals surface area (Å²) in [5, 5.41) is 10.3. The van der Waals surface area contributed by atoms with E-state index in [1.54, 1.807) is 32.9 Å². The molecule has 1 aromatic rings. The van der Waals surface area contributed by atoms with Crippen molar-refractivity contribution in [3.05, 3.63) is 29.8 Å². The Morgan fingerprint density at radius 1 is 1.08 bits per heavy atom. The SMILES string of the molecule is CC(C)(C)OC(=O)NCCC(=O)NCCc1ccc(S(N)(=O)=O)cc1. The van der Waals surface area contributed by atoms with Crippen molar-refractivity contribution in [1.29, 1.82) is 0 Å². The number of amides is 2. The number of benzene rings is 1. The summed E-state index contributed by atoms with van der Waals surface area (Å²) in [5.41, 5.74) is 0.296. The zero-order valence-electron chi connectivity index (χ0n) is 14.7. The number of nitrogens with two attached hydrogens (primary N) is 1. The molecule has 4 N–H and O–H groups in total. The van der Waals surface area contributed by atoms with Crippen molar-refractivity contribution in [2.24, 2.45) is 5.14 Å². The lowest BCUT2D eigenvalue weighted by Gasteiger charge is -2.19. The summed E-state index contributed by atoms with van der Waals surface area (Å²) < 4.78 is 27.4. The van der Waals surface area contributed by atoms with E-state index >= 15 is 0 Å². The first kappa shape index (κ1) is 20.9. The van der Waals surface area contributed by atoms with E-state index in [9.17, 15) is 18.0 Å². The molecule has 0 saturated heterocycles. The largest absolute Gasteiger partial charge is 0.444 e. The normalized spacial score (nSPS) is 11.7. The molecule has 25 heavy (non-hydrogen) atoms. The Hall–Kier alpha value is -2.13. The van der Waals surface area contributed by atoms with Gasteiger partial charge in [0.15, 0.2) is 0 Å². The minimum absolute atomic E-state index is 0.0495. The third-order valence-corrected chi connectivity index (χ3v) is 3.94. The monoisotopic (exact) mass is 371 g/mol. The standard InChI is InChI=1S/C16H25N3O5S/c1-16(2,3)24-15(21)19-11-9-14(20)18-10-8-12-4-6-13(7-5-12)25(17,22)23/h4-7H,8-11H2,1-3H3,(H,18,20)(H,19,21)(H2,17,22,23). The van der Waals surface area contributed by atoms with Crippen LogP contribution in [0.4, 0.5) is 4.79 Å². The van der Waals surface area contributed by atoms with Crippen LogP contribution in [0.25, 0.3) is 0 Å². The summed E-state index contributed by atoms with van der Waals surface area (Å²) >= 11 is 0. The van der Waals surface area contributed by atoms with Crippen LogP contribution in [0, 0.1) is 0 Å². The Kier molecular flexibility index (Phi) is 7.38. The van der Waals surface area contributed by atoms with E-state index in [1.165, 1.54) is 12.1 Å². The number of sulfonamides is 1. The maximum Gasteiger partial charge on any atom is 0.407 e. The Bertz CT molecular complexity index is 693. The van der Waals surface area contributed by atoms with Crippen LogP contribution in [-0.2, 0) is 26.0 Å². The van der Waals surface area contributed by atoms with Crippen LogP contribution in [0.5, 0.6) is 0 Å². The fraction of sp³-hybridized carbons (Fsp3) is 0.500. The van der Waals surface area contributed by atoms with Gasteiger partial charge in [-0.2, -0.15) is 0 Å². The molecule has 8 nitrogen and oxygen atoms in total. The average molecular weight is 371 g/mol. The van der Waals surface area contributed by atoms with E-state index in [0.717, 1.165) is 5.56 Å². The van der Waals surface area contributed by atoms with E-state index in [0.29, 0.717) is 13.0 Å². The molecule has 0 aliphatic heterocycles. The highest BCUT2D eigenvalue weighted by molar-refractivity contribution is 7.89. The third-order valence-electron chi connectivity index (χ3n) is 3.01. The first-order valence-electron chi connectivity index (χ1n) is 7.83. The van der Waals surface area contributed by atoms with Crippen LogP contribution in [0.2, 0.25) is 0 Å². The molecule has 2 amide bonds. The third kappa shape index (κ3) is 9.06. The predicted octanol–water partition coefficient (Wildman–Crippen LogP) is 0.908. The quantitative estimate of drug-likeness (QED) is 0.656. The highest BCUT2D eigenvalue weighted by Gasteiger charge is 2.15. The maximum atomic E-state index is 11.7. The number of hydrogen-bond donors (Lipinski definition) is 3. The highest BCUT2D eigenvalue weighted by atomic mass is 32.2. The molecular weight excluding hydrogens is 346 g/mol. The minimum atomic E-state index is -3.70. The van der Waals surface area contributed by atoms with Gasteiger partial charge in [0, 0.05) is 19.5 Å². The van der Waals surface area contributed by atoms with E-state index in [4.69, 9.17) is 9.88 Å². The smallest absolute Gasteiger partial charge is 0.407 e. The van der Waals surface area contributed by atoms with Gasteiger partial charge >= 0.3 is 6.09 Å².